The van der Waals surface area contributed by atoms with E-state index in [2.05, 4.69) is 11.9 Å². The van der Waals surface area contributed by atoms with Gasteiger partial charge in [-0.1, -0.05) is 18.9 Å². The van der Waals surface area contributed by atoms with Crippen molar-refractivity contribution in [2.75, 3.05) is 0 Å². The van der Waals surface area contributed by atoms with Crippen LogP contribution in [-0.2, 0) is 4.79 Å². The zero-order valence-electron chi connectivity index (χ0n) is 9.59. The van der Waals surface area contributed by atoms with E-state index in [0.29, 0.717) is 6.04 Å². The van der Waals surface area contributed by atoms with Crippen molar-refractivity contribution in [1.29, 1.82) is 0 Å². The summed E-state index contributed by atoms with van der Waals surface area (Å²) in [4.78, 5) is 11.4. The van der Waals surface area contributed by atoms with Crippen molar-refractivity contribution in [2.24, 2.45) is 5.73 Å². The van der Waals surface area contributed by atoms with Crippen molar-refractivity contribution in [3.05, 3.63) is 12.7 Å². The Bertz CT molecular complexity index is 234. The van der Waals surface area contributed by atoms with Crippen molar-refractivity contribution < 1.29 is 4.79 Å². The van der Waals surface area contributed by atoms with Gasteiger partial charge in [-0.25, -0.2) is 0 Å². The van der Waals surface area contributed by atoms with Crippen LogP contribution in [0, 0.1) is 0 Å². The highest BCUT2D eigenvalue weighted by Crippen LogP contribution is 2.22. The number of primary amides is 1. The third-order valence-corrected chi connectivity index (χ3v) is 3.27. The van der Waals surface area contributed by atoms with Crippen LogP contribution in [0.5, 0.6) is 0 Å². The molecule has 15 heavy (non-hydrogen) atoms. The van der Waals surface area contributed by atoms with Gasteiger partial charge in [-0.2, -0.15) is 0 Å². The molecule has 1 unspecified atom stereocenters. The van der Waals surface area contributed by atoms with Gasteiger partial charge < -0.3 is 11.1 Å². The van der Waals surface area contributed by atoms with Gasteiger partial charge in [0.2, 0.25) is 5.91 Å². The molecule has 3 N–H and O–H groups in total. The maximum absolute atomic E-state index is 11.4. The topological polar surface area (TPSA) is 55.1 Å². The SMILES string of the molecule is C=CCCC(C)(NC1CCCC1)C(N)=O. The van der Waals surface area contributed by atoms with Gasteiger partial charge in [-0.15, -0.1) is 6.58 Å². The molecule has 0 aromatic rings. The minimum absolute atomic E-state index is 0.253. The van der Waals surface area contributed by atoms with Crippen LogP contribution in [0.2, 0.25) is 0 Å². The Morgan fingerprint density at radius 3 is 2.67 bits per heavy atom. The van der Waals surface area contributed by atoms with E-state index in [1.807, 2.05) is 13.0 Å². The third-order valence-electron chi connectivity index (χ3n) is 3.27. The Morgan fingerprint density at radius 2 is 2.20 bits per heavy atom. The fourth-order valence-electron chi connectivity index (χ4n) is 2.18. The van der Waals surface area contributed by atoms with Gasteiger partial charge >= 0.3 is 0 Å². The lowest BCUT2D eigenvalue weighted by Crippen LogP contribution is -2.56. The van der Waals surface area contributed by atoms with Gasteiger partial charge in [-0.05, 0) is 32.6 Å². The van der Waals surface area contributed by atoms with E-state index in [4.69, 9.17) is 5.73 Å². The molecule has 1 aliphatic rings. The summed E-state index contributed by atoms with van der Waals surface area (Å²) < 4.78 is 0. The first-order valence-electron chi connectivity index (χ1n) is 5.77. The second-order valence-corrected chi connectivity index (χ2v) is 4.65. The summed E-state index contributed by atoms with van der Waals surface area (Å²) in [6.45, 7) is 5.57. The molecule has 0 spiro atoms. The quantitative estimate of drug-likeness (QED) is 0.656. The van der Waals surface area contributed by atoms with E-state index < -0.39 is 5.54 Å². The molecule has 0 aliphatic heterocycles. The van der Waals surface area contributed by atoms with Crippen LogP contribution < -0.4 is 11.1 Å². The summed E-state index contributed by atoms with van der Waals surface area (Å²) in [5.41, 5.74) is 4.89. The summed E-state index contributed by atoms with van der Waals surface area (Å²) in [6, 6.07) is 0.465. The first-order valence-corrected chi connectivity index (χ1v) is 5.77. The van der Waals surface area contributed by atoms with Gasteiger partial charge in [0.15, 0.2) is 0 Å². The minimum atomic E-state index is -0.566. The largest absolute Gasteiger partial charge is 0.368 e. The van der Waals surface area contributed by atoms with Crippen LogP contribution >= 0.6 is 0 Å². The second kappa shape index (κ2) is 5.31. The predicted octanol–water partition coefficient (Wildman–Crippen LogP) is 1.73. The lowest BCUT2D eigenvalue weighted by atomic mass is 9.93. The molecule has 3 nitrogen and oxygen atoms in total. The Morgan fingerprint density at radius 1 is 1.60 bits per heavy atom. The number of rotatable bonds is 6. The van der Waals surface area contributed by atoms with E-state index in [9.17, 15) is 4.79 Å². The summed E-state index contributed by atoms with van der Waals surface area (Å²) in [7, 11) is 0. The zero-order valence-corrected chi connectivity index (χ0v) is 9.59. The van der Waals surface area contributed by atoms with Crippen LogP contribution in [0.4, 0.5) is 0 Å². The first kappa shape index (κ1) is 12.2. The fourth-order valence-corrected chi connectivity index (χ4v) is 2.18. The summed E-state index contributed by atoms with van der Waals surface area (Å²) in [5.74, 6) is -0.253. The molecule has 0 heterocycles. The number of carbonyl (C=O) groups is 1. The number of nitrogens with one attached hydrogen (secondary N) is 1. The fraction of sp³-hybridized carbons (Fsp3) is 0.750. The standard InChI is InChI=1S/C12H22N2O/c1-3-4-9-12(2,11(13)15)14-10-7-5-6-8-10/h3,10,14H,1,4-9H2,2H3,(H2,13,15). The molecule has 1 rings (SSSR count). The number of hydrogen-bond donors (Lipinski definition) is 2. The molecular weight excluding hydrogens is 188 g/mol. The molecule has 1 amide bonds. The van der Waals surface area contributed by atoms with Crippen LogP contribution in [0.25, 0.3) is 0 Å². The van der Waals surface area contributed by atoms with E-state index >= 15 is 0 Å². The second-order valence-electron chi connectivity index (χ2n) is 4.65. The molecular formula is C12H22N2O. The van der Waals surface area contributed by atoms with Gasteiger partial charge in [0.05, 0.1) is 5.54 Å². The van der Waals surface area contributed by atoms with Crippen molar-refractivity contribution in [2.45, 2.75) is 57.0 Å². The van der Waals surface area contributed by atoms with E-state index in [1.165, 1.54) is 12.8 Å². The van der Waals surface area contributed by atoms with Crippen LogP contribution in [-0.4, -0.2) is 17.5 Å². The number of amides is 1. The Kier molecular flexibility index (Phi) is 4.33. The average molecular weight is 210 g/mol. The highest BCUT2D eigenvalue weighted by Gasteiger charge is 2.33. The summed E-state index contributed by atoms with van der Waals surface area (Å²) in [6.07, 6.45) is 8.23. The summed E-state index contributed by atoms with van der Waals surface area (Å²) in [5, 5.41) is 3.40. The highest BCUT2D eigenvalue weighted by atomic mass is 16.1. The molecule has 1 atom stereocenters. The van der Waals surface area contributed by atoms with Gasteiger partial charge in [0, 0.05) is 6.04 Å². The normalized spacial score (nSPS) is 21.1. The molecule has 0 radical (unpaired) electrons. The first-order chi connectivity index (χ1) is 7.08. The molecule has 0 saturated heterocycles. The predicted molar refractivity (Wildman–Crippen MR) is 62.4 cm³/mol. The molecule has 3 heteroatoms. The monoisotopic (exact) mass is 210 g/mol. The molecule has 1 saturated carbocycles. The van der Waals surface area contributed by atoms with Crippen molar-refractivity contribution in [3.63, 3.8) is 0 Å². The maximum atomic E-state index is 11.4. The number of carbonyl (C=O) groups excluding carboxylic acids is 1. The Balaban J connectivity index is 2.54. The zero-order chi connectivity index (χ0) is 11.3. The van der Waals surface area contributed by atoms with Gasteiger partial charge in [0.1, 0.15) is 0 Å². The average Bonchev–Trinajstić information content (AvgIpc) is 2.67. The van der Waals surface area contributed by atoms with Crippen molar-refractivity contribution in [1.82, 2.24) is 5.32 Å². The van der Waals surface area contributed by atoms with E-state index in [0.717, 1.165) is 25.7 Å². The molecule has 0 aromatic carbocycles. The molecule has 1 fully saturated rings. The van der Waals surface area contributed by atoms with Crippen LogP contribution in [0.1, 0.15) is 45.4 Å². The molecule has 0 bridgehead atoms. The lowest BCUT2D eigenvalue weighted by Gasteiger charge is -2.30. The number of nitrogens with two attached hydrogens (primary N) is 1. The lowest BCUT2D eigenvalue weighted by molar-refractivity contribution is -0.124. The third kappa shape index (κ3) is 3.34. The van der Waals surface area contributed by atoms with Crippen LogP contribution in [0.15, 0.2) is 12.7 Å². The molecule has 0 aromatic heterocycles. The van der Waals surface area contributed by atoms with Crippen molar-refractivity contribution >= 4 is 5.91 Å². The number of hydrogen-bond acceptors (Lipinski definition) is 2. The van der Waals surface area contributed by atoms with E-state index in [-0.39, 0.29) is 5.91 Å². The van der Waals surface area contributed by atoms with Gasteiger partial charge in [-0.3, -0.25) is 4.79 Å². The van der Waals surface area contributed by atoms with E-state index in [1.54, 1.807) is 0 Å². The maximum Gasteiger partial charge on any atom is 0.237 e. The van der Waals surface area contributed by atoms with Crippen molar-refractivity contribution in [3.8, 4) is 0 Å². The minimum Gasteiger partial charge on any atom is -0.368 e. The molecule has 1 aliphatic carbocycles. The number of allylic oxidation sites excluding steroid dienone is 1. The van der Waals surface area contributed by atoms with Crippen LogP contribution in [0.3, 0.4) is 0 Å². The summed E-state index contributed by atoms with van der Waals surface area (Å²) >= 11 is 0. The Hall–Kier alpha value is -0.830. The highest BCUT2D eigenvalue weighted by molar-refractivity contribution is 5.84. The smallest absolute Gasteiger partial charge is 0.237 e. The van der Waals surface area contributed by atoms with Gasteiger partial charge in [0.25, 0.3) is 0 Å². The molecule has 86 valence electrons. The Labute approximate surface area is 92.1 Å².